The first kappa shape index (κ1) is 10.9. The van der Waals surface area contributed by atoms with E-state index in [0.717, 1.165) is 18.2 Å². The van der Waals surface area contributed by atoms with Gasteiger partial charge in [0.05, 0.1) is 11.7 Å². The highest BCUT2D eigenvalue weighted by Gasteiger charge is 2.27. The van der Waals surface area contributed by atoms with E-state index in [0.29, 0.717) is 13.0 Å². The number of hydrogen-bond donors (Lipinski definition) is 2. The number of carbonyl (C=O) groups excluding carboxylic acids is 1. The summed E-state index contributed by atoms with van der Waals surface area (Å²) < 4.78 is 12.9. The van der Waals surface area contributed by atoms with Gasteiger partial charge in [-0.05, 0) is 24.6 Å². The minimum Gasteiger partial charge on any atom is -0.507 e. The summed E-state index contributed by atoms with van der Waals surface area (Å²) >= 11 is 0. The summed E-state index contributed by atoms with van der Waals surface area (Å²) in [4.78, 5) is 13.3. The fourth-order valence-electron chi connectivity index (χ4n) is 1.78. The van der Waals surface area contributed by atoms with Crippen LogP contribution in [0.4, 0.5) is 4.39 Å². The van der Waals surface area contributed by atoms with Gasteiger partial charge < -0.3 is 15.1 Å². The molecule has 1 amide bonds. The number of phenolic OH excluding ortho intramolecular Hbond substituents is 1. The molecule has 5 heteroatoms. The summed E-state index contributed by atoms with van der Waals surface area (Å²) in [6, 6.07) is 3.24. The van der Waals surface area contributed by atoms with Crippen LogP contribution in [0.5, 0.6) is 5.75 Å². The monoisotopic (exact) mass is 225 g/mol. The van der Waals surface area contributed by atoms with Crippen molar-refractivity contribution in [1.29, 1.82) is 0 Å². The minimum absolute atomic E-state index is 0.0610. The van der Waals surface area contributed by atoms with Crippen molar-refractivity contribution in [2.45, 2.75) is 12.5 Å². The number of β-amino-alcohol motifs (C(OH)–C–C–N with tert-alkyl or cyclic N) is 1. The van der Waals surface area contributed by atoms with Gasteiger partial charge in [-0.1, -0.05) is 0 Å². The Labute approximate surface area is 91.9 Å². The molecule has 1 aromatic carbocycles. The third-order valence-corrected chi connectivity index (χ3v) is 2.64. The van der Waals surface area contributed by atoms with Crippen LogP contribution in [-0.2, 0) is 0 Å². The number of halogens is 1. The van der Waals surface area contributed by atoms with E-state index >= 15 is 0 Å². The van der Waals surface area contributed by atoms with E-state index in [2.05, 4.69) is 0 Å². The van der Waals surface area contributed by atoms with Crippen molar-refractivity contribution in [2.24, 2.45) is 0 Å². The molecule has 0 saturated carbocycles. The highest BCUT2D eigenvalue weighted by atomic mass is 19.1. The third kappa shape index (κ3) is 1.99. The highest BCUT2D eigenvalue weighted by molar-refractivity contribution is 5.97. The summed E-state index contributed by atoms with van der Waals surface area (Å²) in [6.07, 6.45) is -0.0124. The molecule has 16 heavy (non-hydrogen) atoms. The Kier molecular flexibility index (Phi) is 2.78. The lowest BCUT2D eigenvalue weighted by Crippen LogP contribution is -2.29. The Morgan fingerprint density at radius 1 is 1.50 bits per heavy atom. The van der Waals surface area contributed by atoms with Crippen molar-refractivity contribution in [3.05, 3.63) is 29.6 Å². The van der Waals surface area contributed by atoms with Gasteiger partial charge in [0.1, 0.15) is 11.6 Å². The minimum atomic E-state index is -0.569. The maximum atomic E-state index is 12.9. The van der Waals surface area contributed by atoms with Crippen LogP contribution in [-0.4, -0.2) is 40.2 Å². The molecule has 1 fully saturated rings. The summed E-state index contributed by atoms with van der Waals surface area (Å²) in [6.45, 7) is 0.657. The molecule has 0 radical (unpaired) electrons. The van der Waals surface area contributed by atoms with Crippen LogP contribution in [0, 0.1) is 5.82 Å². The average molecular weight is 225 g/mol. The SMILES string of the molecule is O=C(c1cc(F)ccc1O)N1CC[C@@H](O)C1. The highest BCUT2D eigenvalue weighted by Crippen LogP contribution is 2.21. The number of nitrogens with zero attached hydrogens (tertiary/aromatic N) is 1. The van der Waals surface area contributed by atoms with E-state index in [-0.39, 0.29) is 17.9 Å². The summed E-state index contributed by atoms with van der Waals surface area (Å²) in [7, 11) is 0. The molecule has 0 spiro atoms. The van der Waals surface area contributed by atoms with Gasteiger partial charge in [0.25, 0.3) is 5.91 Å². The van der Waals surface area contributed by atoms with Crippen LogP contribution < -0.4 is 0 Å². The van der Waals surface area contributed by atoms with Gasteiger partial charge in [-0.25, -0.2) is 4.39 Å². The van der Waals surface area contributed by atoms with Crippen LogP contribution >= 0.6 is 0 Å². The van der Waals surface area contributed by atoms with Crippen molar-refractivity contribution in [3.63, 3.8) is 0 Å². The molecule has 0 aromatic heterocycles. The standard InChI is InChI=1S/C11H12FNO3/c12-7-1-2-10(15)9(5-7)11(16)13-4-3-8(14)6-13/h1-2,5,8,14-15H,3-4,6H2/t8-/m1/s1. The van der Waals surface area contributed by atoms with Crippen LogP contribution in [0.3, 0.4) is 0 Å². The van der Waals surface area contributed by atoms with Crippen molar-refractivity contribution in [1.82, 2.24) is 4.90 Å². The summed E-state index contributed by atoms with van der Waals surface area (Å²) in [5.41, 5.74) is -0.0610. The molecule has 1 atom stereocenters. The first-order valence-electron chi connectivity index (χ1n) is 5.04. The number of aliphatic hydroxyl groups excluding tert-OH is 1. The lowest BCUT2D eigenvalue weighted by molar-refractivity contribution is 0.0761. The molecular weight excluding hydrogens is 213 g/mol. The van der Waals surface area contributed by atoms with E-state index in [1.807, 2.05) is 0 Å². The fraction of sp³-hybridized carbons (Fsp3) is 0.364. The number of hydrogen-bond acceptors (Lipinski definition) is 3. The number of amides is 1. The number of aromatic hydroxyl groups is 1. The van der Waals surface area contributed by atoms with E-state index in [4.69, 9.17) is 0 Å². The molecule has 4 nitrogen and oxygen atoms in total. The molecule has 2 N–H and O–H groups in total. The van der Waals surface area contributed by atoms with Crippen molar-refractivity contribution < 1.29 is 19.4 Å². The summed E-state index contributed by atoms with van der Waals surface area (Å²) in [5.74, 6) is -1.26. The molecule has 1 aliphatic heterocycles. The molecule has 1 aliphatic rings. The molecular formula is C11H12FNO3. The van der Waals surface area contributed by atoms with E-state index in [1.54, 1.807) is 0 Å². The van der Waals surface area contributed by atoms with Gasteiger partial charge in [-0.3, -0.25) is 4.79 Å². The zero-order valence-corrected chi connectivity index (χ0v) is 8.56. The van der Waals surface area contributed by atoms with Gasteiger partial charge >= 0.3 is 0 Å². The first-order chi connectivity index (χ1) is 7.58. The molecule has 2 rings (SSSR count). The largest absolute Gasteiger partial charge is 0.507 e. The average Bonchev–Trinajstić information content (AvgIpc) is 2.67. The van der Waals surface area contributed by atoms with Gasteiger partial charge in [0.15, 0.2) is 0 Å². The van der Waals surface area contributed by atoms with E-state index < -0.39 is 17.8 Å². The quantitative estimate of drug-likeness (QED) is 0.741. The third-order valence-electron chi connectivity index (χ3n) is 2.64. The molecule has 0 unspecified atom stereocenters. The van der Waals surface area contributed by atoms with Crippen molar-refractivity contribution >= 4 is 5.91 Å². The van der Waals surface area contributed by atoms with E-state index in [9.17, 15) is 19.4 Å². The second kappa shape index (κ2) is 4.09. The van der Waals surface area contributed by atoms with Crippen molar-refractivity contribution in [3.8, 4) is 5.75 Å². The second-order valence-electron chi connectivity index (χ2n) is 3.86. The number of carbonyl (C=O) groups is 1. The maximum Gasteiger partial charge on any atom is 0.257 e. The van der Waals surface area contributed by atoms with Crippen molar-refractivity contribution in [2.75, 3.05) is 13.1 Å². The smallest absolute Gasteiger partial charge is 0.257 e. The number of phenols is 1. The Morgan fingerprint density at radius 3 is 2.88 bits per heavy atom. The summed E-state index contributed by atoms with van der Waals surface area (Å²) in [5, 5.41) is 18.7. The number of benzene rings is 1. The van der Waals surface area contributed by atoms with Gasteiger partial charge in [0, 0.05) is 13.1 Å². The van der Waals surface area contributed by atoms with Crippen LogP contribution in [0.25, 0.3) is 0 Å². The Hall–Kier alpha value is -1.62. The maximum absolute atomic E-state index is 12.9. The molecule has 1 saturated heterocycles. The fourth-order valence-corrected chi connectivity index (χ4v) is 1.78. The van der Waals surface area contributed by atoms with Gasteiger partial charge in [-0.15, -0.1) is 0 Å². The predicted octanol–water partition coefficient (Wildman–Crippen LogP) is 0.738. The number of aliphatic hydroxyl groups is 1. The molecule has 86 valence electrons. The van der Waals surface area contributed by atoms with E-state index in [1.165, 1.54) is 4.90 Å². The zero-order chi connectivity index (χ0) is 11.7. The molecule has 1 heterocycles. The first-order valence-corrected chi connectivity index (χ1v) is 5.04. The Bertz CT molecular complexity index is 422. The lowest BCUT2D eigenvalue weighted by atomic mass is 10.1. The van der Waals surface area contributed by atoms with Crippen LogP contribution in [0.1, 0.15) is 16.8 Å². The predicted molar refractivity (Wildman–Crippen MR) is 54.6 cm³/mol. The van der Waals surface area contributed by atoms with Crippen LogP contribution in [0.2, 0.25) is 0 Å². The number of likely N-dealkylation sites (tertiary alicyclic amines) is 1. The molecule has 0 bridgehead atoms. The normalized spacial score (nSPS) is 20.1. The second-order valence-corrected chi connectivity index (χ2v) is 3.86. The molecule has 1 aromatic rings. The van der Waals surface area contributed by atoms with Gasteiger partial charge in [0.2, 0.25) is 0 Å². The van der Waals surface area contributed by atoms with Gasteiger partial charge in [-0.2, -0.15) is 0 Å². The number of rotatable bonds is 1. The van der Waals surface area contributed by atoms with Crippen LogP contribution in [0.15, 0.2) is 18.2 Å². The molecule has 0 aliphatic carbocycles. The topological polar surface area (TPSA) is 60.8 Å². The lowest BCUT2D eigenvalue weighted by Gasteiger charge is -2.16. The zero-order valence-electron chi connectivity index (χ0n) is 8.56. The Morgan fingerprint density at radius 2 is 2.25 bits per heavy atom. The Balaban J connectivity index is 2.23.